The van der Waals surface area contributed by atoms with Gasteiger partial charge in [-0.2, -0.15) is 23.5 Å². The van der Waals surface area contributed by atoms with Crippen LogP contribution in [0.15, 0.2) is 0 Å². The van der Waals surface area contributed by atoms with Crippen molar-refractivity contribution in [2.24, 2.45) is 0 Å². The number of ether oxygens (including phenoxy) is 1. The lowest BCUT2D eigenvalue weighted by Gasteiger charge is -2.22. The normalized spacial score (nSPS) is 19.4. The molecule has 19 heavy (non-hydrogen) atoms. The topological polar surface area (TPSA) is 70.1 Å². The van der Waals surface area contributed by atoms with E-state index in [1.807, 2.05) is 35.0 Å². The van der Waals surface area contributed by atoms with Gasteiger partial charge in [0.2, 0.25) is 0 Å². The minimum absolute atomic E-state index is 0.243. The second-order valence-electron chi connectivity index (χ2n) is 4.29. The number of hydrogen-bond acceptors (Lipinski definition) is 6. The van der Waals surface area contributed by atoms with E-state index in [-0.39, 0.29) is 5.69 Å². The zero-order chi connectivity index (χ0) is 13.8. The van der Waals surface area contributed by atoms with Crippen LogP contribution >= 0.6 is 23.5 Å². The number of rotatable bonds is 4. The first kappa shape index (κ1) is 14.6. The molecule has 1 atom stereocenters. The zero-order valence-corrected chi connectivity index (χ0v) is 12.9. The van der Waals surface area contributed by atoms with Gasteiger partial charge in [0, 0.05) is 29.1 Å². The van der Waals surface area contributed by atoms with Crippen LogP contribution in [0.2, 0.25) is 0 Å². The van der Waals surface area contributed by atoms with Crippen molar-refractivity contribution in [1.82, 2.24) is 9.55 Å². The lowest BCUT2D eigenvalue weighted by atomic mass is 10.4. The Balaban J connectivity index is 2.14. The molecule has 1 aliphatic heterocycles. The Kier molecular flexibility index (Phi) is 5.04. The molecule has 0 amide bonds. The summed E-state index contributed by atoms with van der Waals surface area (Å²) >= 11 is 3.93. The van der Waals surface area contributed by atoms with E-state index < -0.39 is 5.97 Å². The molecule has 5 nitrogen and oxygen atoms in total. The minimum atomic E-state index is -0.437. The molecule has 2 heterocycles. The molecule has 0 spiro atoms. The van der Waals surface area contributed by atoms with Crippen LogP contribution in [0.1, 0.15) is 23.2 Å². The average molecular weight is 301 g/mol. The molecule has 0 radical (unpaired) electrons. The highest BCUT2D eigenvalue weighted by atomic mass is 32.2. The molecule has 1 aromatic heterocycles. The van der Waals surface area contributed by atoms with Gasteiger partial charge in [-0.1, -0.05) is 0 Å². The number of hydrogen-bond donors (Lipinski definition) is 1. The number of anilines is 1. The number of carbonyl (C=O) groups excluding carboxylic acids is 1. The highest BCUT2D eigenvalue weighted by Gasteiger charge is 2.22. The maximum atomic E-state index is 11.7. The predicted molar refractivity (Wildman–Crippen MR) is 80.9 cm³/mol. The van der Waals surface area contributed by atoms with E-state index in [0.717, 1.165) is 18.1 Å². The Labute approximate surface area is 121 Å². The van der Waals surface area contributed by atoms with Crippen molar-refractivity contribution < 1.29 is 9.53 Å². The van der Waals surface area contributed by atoms with E-state index in [9.17, 15) is 4.79 Å². The second kappa shape index (κ2) is 6.56. The standard InChI is InChI=1S/C12H19N3O2S2/c1-3-17-12(16)10-11(13)15(8(2)14-10)6-9-7-18-4-5-19-9/h9H,3-7,13H2,1-2H3. The summed E-state index contributed by atoms with van der Waals surface area (Å²) in [5.74, 6) is 4.27. The monoisotopic (exact) mass is 301 g/mol. The largest absolute Gasteiger partial charge is 0.461 e. The van der Waals surface area contributed by atoms with Crippen molar-refractivity contribution in [1.29, 1.82) is 0 Å². The molecule has 0 aliphatic carbocycles. The van der Waals surface area contributed by atoms with E-state index in [2.05, 4.69) is 4.98 Å². The van der Waals surface area contributed by atoms with Gasteiger partial charge in [0.05, 0.1) is 6.61 Å². The molecule has 0 saturated carbocycles. The van der Waals surface area contributed by atoms with Crippen molar-refractivity contribution in [2.75, 3.05) is 29.6 Å². The maximum Gasteiger partial charge on any atom is 0.360 e. The SMILES string of the molecule is CCOC(=O)c1nc(C)n(CC2CSCCS2)c1N. The number of carbonyl (C=O) groups is 1. The maximum absolute atomic E-state index is 11.7. The summed E-state index contributed by atoms with van der Waals surface area (Å²) in [4.78, 5) is 16.0. The van der Waals surface area contributed by atoms with Gasteiger partial charge in [-0.25, -0.2) is 9.78 Å². The van der Waals surface area contributed by atoms with Crippen molar-refractivity contribution in [3.05, 3.63) is 11.5 Å². The molecule has 2 rings (SSSR count). The minimum Gasteiger partial charge on any atom is -0.461 e. The number of esters is 1. The molecule has 1 aliphatic rings. The van der Waals surface area contributed by atoms with Crippen LogP contribution in [-0.4, -0.2) is 44.6 Å². The van der Waals surface area contributed by atoms with Gasteiger partial charge in [0.25, 0.3) is 0 Å². The average Bonchev–Trinajstić information content (AvgIpc) is 2.68. The van der Waals surface area contributed by atoms with Crippen molar-refractivity contribution >= 4 is 35.3 Å². The third kappa shape index (κ3) is 3.39. The lowest BCUT2D eigenvalue weighted by Crippen LogP contribution is -2.22. The summed E-state index contributed by atoms with van der Waals surface area (Å²) in [7, 11) is 0. The quantitative estimate of drug-likeness (QED) is 0.855. The molecule has 1 fully saturated rings. The molecule has 0 aromatic carbocycles. The molecule has 0 bridgehead atoms. The Morgan fingerprint density at radius 1 is 1.58 bits per heavy atom. The Hall–Kier alpha value is -0.820. The first-order valence-corrected chi connectivity index (χ1v) is 8.53. The number of imidazole rings is 1. The summed E-state index contributed by atoms with van der Waals surface area (Å²) in [6.45, 7) is 4.79. The van der Waals surface area contributed by atoms with Crippen LogP contribution in [0.3, 0.4) is 0 Å². The van der Waals surface area contributed by atoms with Crippen LogP contribution in [-0.2, 0) is 11.3 Å². The Morgan fingerprint density at radius 3 is 3.00 bits per heavy atom. The van der Waals surface area contributed by atoms with Crippen LogP contribution in [0, 0.1) is 6.92 Å². The van der Waals surface area contributed by atoms with Crippen LogP contribution < -0.4 is 5.73 Å². The summed E-state index contributed by atoms with van der Waals surface area (Å²) < 4.78 is 6.89. The van der Waals surface area contributed by atoms with E-state index in [1.165, 1.54) is 11.5 Å². The number of aromatic nitrogens is 2. The molecule has 1 saturated heterocycles. The third-order valence-corrected chi connectivity index (χ3v) is 5.76. The van der Waals surface area contributed by atoms with Gasteiger partial charge in [0.15, 0.2) is 5.69 Å². The van der Waals surface area contributed by atoms with Crippen LogP contribution in [0.4, 0.5) is 5.82 Å². The summed E-state index contributed by atoms with van der Waals surface area (Å²) in [6.07, 6.45) is 0. The van der Waals surface area contributed by atoms with E-state index in [1.54, 1.807) is 6.92 Å². The molecule has 106 valence electrons. The van der Waals surface area contributed by atoms with Crippen molar-refractivity contribution in [2.45, 2.75) is 25.6 Å². The molecular weight excluding hydrogens is 282 g/mol. The van der Waals surface area contributed by atoms with Crippen molar-refractivity contribution in [3.63, 3.8) is 0 Å². The zero-order valence-electron chi connectivity index (χ0n) is 11.2. The highest BCUT2D eigenvalue weighted by molar-refractivity contribution is 8.06. The van der Waals surface area contributed by atoms with E-state index in [0.29, 0.717) is 17.7 Å². The number of aryl methyl sites for hydroxylation is 1. The predicted octanol–water partition coefficient (Wildman–Crippen LogP) is 1.80. The molecule has 1 unspecified atom stereocenters. The molecule has 7 heteroatoms. The fourth-order valence-electron chi connectivity index (χ4n) is 2.01. The van der Waals surface area contributed by atoms with Gasteiger partial charge in [-0.05, 0) is 13.8 Å². The molecule has 1 aromatic rings. The Bertz CT molecular complexity index is 456. The van der Waals surface area contributed by atoms with Gasteiger partial charge >= 0.3 is 5.97 Å². The summed E-state index contributed by atoms with van der Waals surface area (Å²) in [5, 5.41) is 0.531. The van der Waals surface area contributed by atoms with Gasteiger partial charge in [-0.3, -0.25) is 0 Å². The lowest BCUT2D eigenvalue weighted by molar-refractivity contribution is 0.0521. The van der Waals surface area contributed by atoms with E-state index >= 15 is 0 Å². The van der Waals surface area contributed by atoms with Crippen LogP contribution in [0.5, 0.6) is 0 Å². The third-order valence-electron chi connectivity index (χ3n) is 2.94. The number of nitrogens with two attached hydrogens (primary N) is 1. The second-order valence-corrected chi connectivity index (χ2v) is 6.85. The van der Waals surface area contributed by atoms with Gasteiger partial charge < -0.3 is 15.0 Å². The summed E-state index contributed by atoms with van der Waals surface area (Å²) in [5.41, 5.74) is 6.28. The van der Waals surface area contributed by atoms with Gasteiger partial charge in [-0.15, -0.1) is 0 Å². The smallest absolute Gasteiger partial charge is 0.360 e. The highest BCUT2D eigenvalue weighted by Crippen LogP contribution is 2.27. The number of nitrogen functional groups attached to an aromatic ring is 1. The Morgan fingerprint density at radius 2 is 2.37 bits per heavy atom. The van der Waals surface area contributed by atoms with E-state index in [4.69, 9.17) is 10.5 Å². The molecular formula is C12H19N3O2S2. The first-order chi connectivity index (χ1) is 9.13. The van der Waals surface area contributed by atoms with Crippen molar-refractivity contribution in [3.8, 4) is 0 Å². The first-order valence-electron chi connectivity index (χ1n) is 6.32. The number of nitrogens with zero attached hydrogens (tertiary/aromatic N) is 2. The summed E-state index contributed by atoms with van der Waals surface area (Å²) in [6, 6.07) is 0. The van der Waals surface area contributed by atoms with Gasteiger partial charge in [0.1, 0.15) is 11.6 Å². The fourth-order valence-corrected chi connectivity index (χ4v) is 4.66. The molecule has 2 N–H and O–H groups in total. The fraction of sp³-hybridized carbons (Fsp3) is 0.667. The number of thioether (sulfide) groups is 2. The van der Waals surface area contributed by atoms with Crippen LogP contribution in [0.25, 0.3) is 0 Å².